The first-order chi connectivity index (χ1) is 8.31. The van der Waals surface area contributed by atoms with Crippen LogP contribution in [-0.2, 0) is 16.1 Å². The summed E-state index contributed by atoms with van der Waals surface area (Å²) in [5.41, 5.74) is 2.01. The Kier molecular flexibility index (Phi) is 4.15. The lowest BCUT2D eigenvalue weighted by molar-refractivity contribution is 0.122. The minimum absolute atomic E-state index is 0.316. The molecule has 90 valence electrons. The van der Waals surface area contributed by atoms with Gasteiger partial charge in [0.05, 0.1) is 19.8 Å². The molecule has 1 heterocycles. The van der Waals surface area contributed by atoms with Gasteiger partial charge >= 0.3 is 0 Å². The lowest BCUT2D eigenvalue weighted by Crippen LogP contribution is -2.36. The average Bonchev–Trinajstić information content (AvgIpc) is 2.37. The van der Waals surface area contributed by atoms with Crippen LogP contribution in [0.25, 0.3) is 0 Å². The summed E-state index contributed by atoms with van der Waals surface area (Å²) in [6.45, 7) is 3.45. The number of ether oxygens (including phenoxy) is 1. The number of rotatable bonds is 3. The Morgan fingerprint density at radius 1 is 1.41 bits per heavy atom. The van der Waals surface area contributed by atoms with Crippen LogP contribution in [0.5, 0.6) is 0 Å². The highest BCUT2D eigenvalue weighted by atomic mass is 35.5. The third kappa shape index (κ3) is 3.07. The van der Waals surface area contributed by atoms with Gasteiger partial charge in [-0.05, 0) is 23.8 Å². The predicted octanol–water partition coefficient (Wildman–Crippen LogP) is 2.01. The summed E-state index contributed by atoms with van der Waals surface area (Å²) in [5, 5.41) is 0.651. The van der Waals surface area contributed by atoms with E-state index in [4.69, 9.17) is 16.3 Å². The first kappa shape index (κ1) is 12.1. The van der Waals surface area contributed by atoms with Crippen LogP contribution >= 0.6 is 11.6 Å². The van der Waals surface area contributed by atoms with E-state index in [9.17, 15) is 4.79 Å². The zero-order valence-electron chi connectivity index (χ0n) is 9.36. The number of anilines is 1. The molecule has 0 saturated carbocycles. The van der Waals surface area contributed by atoms with Crippen molar-refractivity contribution in [3.8, 4) is 0 Å². The highest BCUT2D eigenvalue weighted by Gasteiger charge is 2.14. The quantitative estimate of drug-likeness (QED) is 0.611. The van der Waals surface area contributed by atoms with Crippen LogP contribution in [0.15, 0.2) is 23.2 Å². The molecule has 1 aliphatic rings. The van der Waals surface area contributed by atoms with E-state index in [1.165, 1.54) is 0 Å². The Morgan fingerprint density at radius 2 is 2.18 bits per heavy atom. The van der Waals surface area contributed by atoms with Crippen molar-refractivity contribution >= 4 is 23.4 Å². The minimum Gasteiger partial charge on any atom is -0.378 e. The van der Waals surface area contributed by atoms with E-state index in [0.29, 0.717) is 11.6 Å². The van der Waals surface area contributed by atoms with Crippen molar-refractivity contribution in [1.29, 1.82) is 0 Å². The van der Waals surface area contributed by atoms with Crippen LogP contribution in [0.4, 0.5) is 5.69 Å². The monoisotopic (exact) mass is 252 g/mol. The summed E-state index contributed by atoms with van der Waals surface area (Å²) in [6.07, 6.45) is 1.55. The van der Waals surface area contributed by atoms with E-state index < -0.39 is 0 Å². The number of benzene rings is 1. The molecule has 1 aromatic carbocycles. The highest BCUT2D eigenvalue weighted by molar-refractivity contribution is 6.30. The molecular formula is C12H13ClN2O2. The zero-order chi connectivity index (χ0) is 12.1. The molecule has 1 aliphatic heterocycles. The van der Waals surface area contributed by atoms with Gasteiger partial charge in [-0.15, -0.1) is 0 Å². The Bertz CT molecular complexity index is 438. The molecular weight excluding hydrogens is 240 g/mol. The highest BCUT2D eigenvalue weighted by Crippen LogP contribution is 2.25. The van der Waals surface area contributed by atoms with Gasteiger partial charge in [-0.2, -0.15) is 0 Å². The molecule has 0 bridgehead atoms. The summed E-state index contributed by atoms with van der Waals surface area (Å²) in [5.74, 6) is 0. The van der Waals surface area contributed by atoms with Crippen LogP contribution in [0, 0.1) is 0 Å². The van der Waals surface area contributed by atoms with Crippen molar-refractivity contribution in [2.45, 2.75) is 6.54 Å². The van der Waals surface area contributed by atoms with Crippen molar-refractivity contribution in [2.24, 2.45) is 4.99 Å². The maximum atomic E-state index is 10.2. The second-order valence-corrected chi connectivity index (χ2v) is 4.22. The van der Waals surface area contributed by atoms with Gasteiger partial charge in [0.25, 0.3) is 0 Å². The summed E-state index contributed by atoms with van der Waals surface area (Å²) in [7, 11) is 0. The van der Waals surface area contributed by atoms with Crippen LogP contribution in [0.1, 0.15) is 5.56 Å². The largest absolute Gasteiger partial charge is 0.378 e. The first-order valence-corrected chi connectivity index (χ1v) is 5.84. The molecule has 1 aromatic rings. The summed E-state index contributed by atoms with van der Waals surface area (Å²) in [6, 6.07) is 5.65. The molecule has 5 heteroatoms. The number of morpholine rings is 1. The number of isocyanates is 1. The van der Waals surface area contributed by atoms with E-state index in [2.05, 4.69) is 9.89 Å². The Labute approximate surface area is 105 Å². The molecule has 17 heavy (non-hydrogen) atoms. The van der Waals surface area contributed by atoms with Gasteiger partial charge in [0.2, 0.25) is 6.08 Å². The Hall–Kier alpha value is -1.35. The Balaban J connectivity index is 2.27. The van der Waals surface area contributed by atoms with Gasteiger partial charge in [-0.25, -0.2) is 9.79 Å². The Morgan fingerprint density at radius 3 is 2.88 bits per heavy atom. The SMILES string of the molecule is O=C=NCc1cc(Cl)ccc1N1CCOCC1. The number of carbonyl (C=O) groups excluding carboxylic acids is 1. The second-order valence-electron chi connectivity index (χ2n) is 3.78. The normalized spacial score (nSPS) is 15.5. The lowest BCUT2D eigenvalue weighted by atomic mass is 10.1. The van der Waals surface area contributed by atoms with Crippen LogP contribution in [0.2, 0.25) is 5.02 Å². The summed E-state index contributed by atoms with van der Waals surface area (Å²) in [4.78, 5) is 16.0. The van der Waals surface area contributed by atoms with E-state index in [-0.39, 0.29) is 0 Å². The van der Waals surface area contributed by atoms with Crippen molar-refractivity contribution in [3.63, 3.8) is 0 Å². The topological polar surface area (TPSA) is 41.9 Å². The molecule has 1 fully saturated rings. The number of hydrogen-bond donors (Lipinski definition) is 0. The van der Waals surface area contributed by atoms with Crippen molar-refractivity contribution in [1.82, 2.24) is 0 Å². The van der Waals surface area contributed by atoms with Crippen LogP contribution < -0.4 is 4.90 Å². The molecule has 2 rings (SSSR count). The smallest absolute Gasteiger partial charge is 0.235 e. The summed E-state index contributed by atoms with van der Waals surface area (Å²) < 4.78 is 5.31. The maximum absolute atomic E-state index is 10.2. The molecule has 4 nitrogen and oxygen atoms in total. The first-order valence-electron chi connectivity index (χ1n) is 5.46. The molecule has 0 aromatic heterocycles. The van der Waals surface area contributed by atoms with E-state index in [1.807, 2.05) is 18.2 Å². The van der Waals surface area contributed by atoms with Crippen molar-refractivity contribution < 1.29 is 9.53 Å². The van der Waals surface area contributed by atoms with E-state index in [1.54, 1.807) is 6.08 Å². The second kappa shape index (κ2) is 5.82. The minimum atomic E-state index is 0.316. The third-order valence-corrected chi connectivity index (χ3v) is 2.94. The molecule has 0 amide bonds. The fourth-order valence-corrected chi connectivity index (χ4v) is 2.11. The van der Waals surface area contributed by atoms with Gasteiger partial charge in [0.1, 0.15) is 0 Å². The molecule has 1 saturated heterocycles. The number of aliphatic imine (C=N–C) groups is 1. The standard InChI is InChI=1S/C12H13ClN2O2/c13-11-1-2-12(10(7-11)8-14-9-16)15-3-5-17-6-4-15/h1-2,7H,3-6,8H2. The van der Waals surface area contributed by atoms with Gasteiger partial charge < -0.3 is 9.64 Å². The average molecular weight is 253 g/mol. The van der Waals surface area contributed by atoms with Gasteiger partial charge in [-0.3, -0.25) is 0 Å². The molecule has 0 unspecified atom stereocenters. The number of nitrogens with zero attached hydrogens (tertiary/aromatic N) is 2. The van der Waals surface area contributed by atoms with Crippen molar-refractivity contribution in [2.75, 3.05) is 31.2 Å². The lowest BCUT2D eigenvalue weighted by Gasteiger charge is -2.30. The van der Waals surface area contributed by atoms with Gasteiger partial charge in [0.15, 0.2) is 0 Å². The number of hydrogen-bond acceptors (Lipinski definition) is 4. The summed E-state index contributed by atoms with van der Waals surface area (Å²) >= 11 is 5.95. The fourth-order valence-electron chi connectivity index (χ4n) is 1.91. The molecule has 0 atom stereocenters. The predicted molar refractivity (Wildman–Crippen MR) is 66.3 cm³/mol. The molecule has 0 spiro atoms. The van der Waals surface area contributed by atoms with Crippen LogP contribution in [-0.4, -0.2) is 32.4 Å². The van der Waals surface area contributed by atoms with Crippen LogP contribution in [0.3, 0.4) is 0 Å². The maximum Gasteiger partial charge on any atom is 0.235 e. The zero-order valence-corrected chi connectivity index (χ0v) is 10.1. The number of halogens is 1. The van der Waals surface area contributed by atoms with Gasteiger partial charge in [-0.1, -0.05) is 11.6 Å². The van der Waals surface area contributed by atoms with Gasteiger partial charge in [0, 0.05) is 23.8 Å². The molecule has 0 aliphatic carbocycles. The fraction of sp³-hybridized carbons (Fsp3) is 0.417. The molecule has 0 radical (unpaired) electrons. The molecule has 0 N–H and O–H groups in total. The van der Waals surface area contributed by atoms with Crippen molar-refractivity contribution in [3.05, 3.63) is 28.8 Å². The van der Waals surface area contributed by atoms with E-state index >= 15 is 0 Å². The van der Waals surface area contributed by atoms with E-state index in [0.717, 1.165) is 37.6 Å². The third-order valence-electron chi connectivity index (χ3n) is 2.71.